The molecule has 3 N–H and O–H groups in total. The molecular formula is C13H11BrFN3O. The fourth-order valence-corrected chi connectivity index (χ4v) is 2.31. The SMILES string of the molecule is Cc1cc(N)c(NC(=O)c2cncc(F)c2)c(Br)c1. The largest absolute Gasteiger partial charge is 0.397 e. The number of hydrogen-bond acceptors (Lipinski definition) is 3. The van der Waals surface area contributed by atoms with Crippen molar-refractivity contribution in [3.05, 3.63) is 52.0 Å². The van der Waals surface area contributed by atoms with Crippen LogP contribution in [0, 0.1) is 12.7 Å². The maximum Gasteiger partial charge on any atom is 0.257 e. The van der Waals surface area contributed by atoms with Crippen LogP contribution >= 0.6 is 15.9 Å². The number of nitrogens with two attached hydrogens (primary N) is 1. The number of nitrogen functional groups attached to an aromatic ring is 1. The quantitative estimate of drug-likeness (QED) is 0.834. The molecule has 0 spiro atoms. The number of carbonyl (C=O) groups excluding carboxylic acids is 1. The van der Waals surface area contributed by atoms with Gasteiger partial charge in [-0.15, -0.1) is 0 Å². The highest BCUT2D eigenvalue weighted by Crippen LogP contribution is 2.30. The number of carbonyl (C=O) groups is 1. The number of nitrogens with zero attached hydrogens (tertiary/aromatic N) is 1. The first kappa shape index (κ1) is 13.5. The molecule has 1 amide bonds. The number of hydrogen-bond donors (Lipinski definition) is 2. The van der Waals surface area contributed by atoms with E-state index >= 15 is 0 Å². The molecule has 98 valence electrons. The second-order valence-electron chi connectivity index (χ2n) is 4.06. The first-order valence-electron chi connectivity index (χ1n) is 5.45. The Bertz CT molecular complexity index is 623. The van der Waals surface area contributed by atoms with Gasteiger partial charge in [-0.3, -0.25) is 9.78 Å². The molecule has 1 aromatic carbocycles. The van der Waals surface area contributed by atoms with E-state index in [0.717, 1.165) is 17.8 Å². The van der Waals surface area contributed by atoms with Gasteiger partial charge in [-0.1, -0.05) is 0 Å². The van der Waals surface area contributed by atoms with Crippen molar-refractivity contribution in [2.45, 2.75) is 6.92 Å². The summed E-state index contributed by atoms with van der Waals surface area (Å²) in [4.78, 5) is 15.6. The van der Waals surface area contributed by atoms with Crippen LogP contribution in [0.15, 0.2) is 35.1 Å². The van der Waals surface area contributed by atoms with Gasteiger partial charge in [0.1, 0.15) is 5.82 Å². The minimum absolute atomic E-state index is 0.131. The molecule has 1 heterocycles. The van der Waals surface area contributed by atoms with Crippen molar-refractivity contribution in [2.75, 3.05) is 11.1 Å². The summed E-state index contributed by atoms with van der Waals surface area (Å²) < 4.78 is 13.7. The maximum absolute atomic E-state index is 13.0. The van der Waals surface area contributed by atoms with Crippen molar-refractivity contribution in [1.29, 1.82) is 0 Å². The summed E-state index contributed by atoms with van der Waals surface area (Å²) in [5.41, 5.74) is 7.84. The second kappa shape index (κ2) is 5.36. The third-order valence-corrected chi connectivity index (χ3v) is 3.10. The molecule has 4 nitrogen and oxygen atoms in total. The zero-order valence-electron chi connectivity index (χ0n) is 10.1. The lowest BCUT2D eigenvalue weighted by molar-refractivity contribution is 0.102. The van der Waals surface area contributed by atoms with Gasteiger partial charge in [0.15, 0.2) is 0 Å². The number of amides is 1. The van der Waals surface area contributed by atoms with E-state index in [1.807, 2.05) is 13.0 Å². The van der Waals surface area contributed by atoms with E-state index in [2.05, 4.69) is 26.2 Å². The summed E-state index contributed by atoms with van der Waals surface area (Å²) in [7, 11) is 0. The lowest BCUT2D eigenvalue weighted by Crippen LogP contribution is -2.14. The van der Waals surface area contributed by atoms with Crippen LogP contribution in [0.2, 0.25) is 0 Å². The Kier molecular flexibility index (Phi) is 3.80. The molecule has 2 aromatic rings. The highest BCUT2D eigenvalue weighted by molar-refractivity contribution is 9.10. The van der Waals surface area contributed by atoms with Gasteiger partial charge in [0.25, 0.3) is 5.91 Å². The van der Waals surface area contributed by atoms with Crippen LogP contribution in [-0.4, -0.2) is 10.9 Å². The zero-order chi connectivity index (χ0) is 14.0. The number of rotatable bonds is 2. The van der Waals surface area contributed by atoms with Gasteiger partial charge in [0.2, 0.25) is 0 Å². The number of halogens is 2. The monoisotopic (exact) mass is 323 g/mol. The first-order valence-corrected chi connectivity index (χ1v) is 6.24. The molecule has 1 aromatic heterocycles. The first-order chi connectivity index (χ1) is 8.97. The molecule has 0 bridgehead atoms. The highest BCUT2D eigenvalue weighted by Gasteiger charge is 2.12. The van der Waals surface area contributed by atoms with Gasteiger partial charge in [0.05, 0.1) is 23.1 Å². The molecular weight excluding hydrogens is 313 g/mol. The topological polar surface area (TPSA) is 68.0 Å². The summed E-state index contributed by atoms with van der Waals surface area (Å²) in [6.45, 7) is 1.89. The summed E-state index contributed by atoms with van der Waals surface area (Å²) in [6.07, 6.45) is 2.32. The average Bonchev–Trinajstić information content (AvgIpc) is 2.33. The van der Waals surface area contributed by atoms with E-state index in [0.29, 0.717) is 15.8 Å². The van der Waals surface area contributed by atoms with Crippen LogP contribution in [0.4, 0.5) is 15.8 Å². The van der Waals surface area contributed by atoms with Crippen molar-refractivity contribution in [3.63, 3.8) is 0 Å². The fourth-order valence-electron chi connectivity index (χ4n) is 1.62. The Morgan fingerprint density at radius 1 is 1.37 bits per heavy atom. The highest BCUT2D eigenvalue weighted by atomic mass is 79.9. The standard InChI is InChI=1S/C13H11BrFN3O/c1-7-2-10(14)12(11(16)3-7)18-13(19)8-4-9(15)6-17-5-8/h2-6H,16H2,1H3,(H,18,19). The average molecular weight is 324 g/mol. The lowest BCUT2D eigenvalue weighted by atomic mass is 10.2. The van der Waals surface area contributed by atoms with E-state index in [1.165, 1.54) is 6.20 Å². The third kappa shape index (κ3) is 3.08. The summed E-state index contributed by atoms with van der Waals surface area (Å²) in [5, 5.41) is 2.63. The number of nitrogens with one attached hydrogen (secondary N) is 1. The summed E-state index contributed by atoms with van der Waals surface area (Å²) in [6, 6.07) is 4.68. The van der Waals surface area contributed by atoms with Crippen molar-refractivity contribution < 1.29 is 9.18 Å². The Morgan fingerprint density at radius 3 is 2.74 bits per heavy atom. The maximum atomic E-state index is 13.0. The van der Waals surface area contributed by atoms with Crippen LogP contribution in [0.3, 0.4) is 0 Å². The lowest BCUT2D eigenvalue weighted by Gasteiger charge is -2.11. The molecule has 0 atom stereocenters. The van der Waals surface area contributed by atoms with Crippen LogP contribution in [0.1, 0.15) is 15.9 Å². The molecule has 0 aliphatic heterocycles. The molecule has 0 aliphatic carbocycles. The Hall–Kier alpha value is -1.95. The van der Waals surface area contributed by atoms with Gasteiger partial charge in [-0.2, -0.15) is 0 Å². The molecule has 0 radical (unpaired) electrons. The van der Waals surface area contributed by atoms with E-state index in [4.69, 9.17) is 5.73 Å². The molecule has 0 saturated heterocycles. The minimum Gasteiger partial charge on any atom is -0.397 e. The van der Waals surface area contributed by atoms with Crippen LogP contribution in [0.5, 0.6) is 0 Å². The van der Waals surface area contributed by atoms with Gasteiger partial charge >= 0.3 is 0 Å². The van der Waals surface area contributed by atoms with Crippen molar-refractivity contribution in [2.24, 2.45) is 0 Å². The molecule has 0 unspecified atom stereocenters. The Balaban J connectivity index is 2.29. The fraction of sp³-hybridized carbons (Fsp3) is 0.0769. The smallest absolute Gasteiger partial charge is 0.257 e. The zero-order valence-corrected chi connectivity index (χ0v) is 11.7. The Morgan fingerprint density at radius 2 is 2.11 bits per heavy atom. The second-order valence-corrected chi connectivity index (χ2v) is 4.91. The van der Waals surface area contributed by atoms with E-state index in [9.17, 15) is 9.18 Å². The predicted molar refractivity (Wildman–Crippen MR) is 75.4 cm³/mol. The van der Waals surface area contributed by atoms with Crippen molar-refractivity contribution >= 4 is 33.2 Å². The summed E-state index contributed by atoms with van der Waals surface area (Å²) in [5.74, 6) is -1.04. The van der Waals surface area contributed by atoms with E-state index < -0.39 is 11.7 Å². The van der Waals surface area contributed by atoms with Gasteiger partial charge < -0.3 is 11.1 Å². The number of benzene rings is 1. The minimum atomic E-state index is -0.566. The van der Waals surface area contributed by atoms with Gasteiger partial charge in [-0.25, -0.2) is 4.39 Å². The Labute approximate surface area is 118 Å². The van der Waals surface area contributed by atoms with E-state index in [-0.39, 0.29) is 5.56 Å². The van der Waals surface area contributed by atoms with Crippen LogP contribution in [-0.2, 0) is 0 Å². The van der Waals surface area contributed by atoms with Crippen molar-refractivity contribution in [3.8, 4) is 0 Å². The number of aromatic nitrogens is 1. The van der Waals surface area contributed by atoms with Crippen molar-refractivity contribution in [1.82, 2.24) is 4.98 Å². The molecule has 0 fully saturated rings. The molecule has 0 saturated carbocycles. The summed E-state index contributed by atoms with van der Waals surface area (Å²) >= 11 is 3.33. The van der Waals surface area contributed by atoms with Gasteiger partial charge in [0, 0.05) is 10.7 Å². The van der Waals surface area contributed by atoms with Crippen LogP contribution in [0.25, 0.3) is 0 Å². The van der Waals surface area contributed by atoms with Crippen LogP contribution < -0.4 is 11.1 Å². The van der Waals surface area contributed by atoms with Gasteiger partial charge in [-0.05, 0) is 46.6 Å². The molecule has 6 heteroatoms. The number of pyridine rings is 1. The number of anilines is 2. The normalized spacial score (nSPS) is 10.3. The number of aryl methyl sites for hydroxylation is 1. The molecule has 0 aliphatic rings. The third-order valence-electron chi connectivity index (χ3n) is 2.47. The molecule has 2 rings (SSSR count). The van der Waals surface area contributed by atoms with E-state index in [1.54, 1.807) is 6.07 Å². The predicted octanol–water partition coefficient (Wildman–Crippen LogP) is 3.13. The molecule has 19 heavy (non-hydrogen) atoms.